The SMILES string of the molecule is CC.CCC.COc1cc(-n2ccccc2=O)ccc1N. The Kier molecular flexibility index (Phi) is 9.43. The van der Waals surface area contributed by atoms with E-state index >= 15 is 0 Å². The first-order valence-electron chi connectivity index (χ1n) is 7.25. The van der Waals surface area contributed by atoms with Crippen LogP contribution in [0.25, 0.3) is 5.69 Å². The van der Waals surface area contributed by atoms with Crippen molar-refractivity contribution in [2.24, 2.45) is 0 Å². The minimum Gasteiger partial charge on any atom is -0.495 e. The van der Waals surface area contributed by atoms with Crippen LogP contribution in [0.3, 0.4) is 0 Å². The van der Waals surface area contributed by atoms with E-state index in [0.717, 1.165) is 5.69 Å². The molecule has 0 saturated carbocycles. The lowest BCUT2D eigenvalue weighted by molar-refractivity contribution is 0.417. The number of anilines is 1. The number of nitrogen functional groups attached to an aromatic ring is 1. The number of ether oxygens (including phenoxy) is 1. The van der Waals surface area contributed by atoms with Crippen molar-refractivity contribution in [2.45, 2.75) is 34.1 Å². The van der Waals surface area contributed by atoms with E-state index in [1.54, 1.807) is 43.6 Å². The maximum absolute atomic E-state index is 11.6. The fraction of sp³-hybridized carbons (Fsp3) is 0.353. The third-order valence-corrected chi connectivity index (χ3v) is 2.32. The molecule has 0 bridgehead atoms. The molecule has 0 unspecified atom stereocenters. The highest BCUT2D eigenvalue weighted by Crippen LogP contribution is 2.23. The van der Waals surface area contributed by atoms with E-state index in [1.807, 2.05) is 13.8 Å². The molecule has 2 rings (SSSR count). The zero-order valence-corrected chi connectivity index (χ0v) is 13.6. The molecule has 116 valence electrons. The van der Waals surface area contributed by atoms with Gasteiger partial charge in [-0.1, -0.05) is 40.2 Å². The molecule has 21 heavy (non-hydrogen) atoms. The van der Waals surface area contributed by atoms with Gasteiger partial charge in [0.05, 0.1) is 18.5 Å². The van der Waals surface area contributed by atoms with Crippen LogP contribution in [0.1, 0.15) is 34.1 Å². The van der Waals surface area contributed by atoms with E-state index in [-0.39, 0.29) is 5.56 Å². The highest BCUT2D eigenvalue weighted by atomic mass is 16.5. The smallest absolute Gasteiger partial charge is 0.255 e. The van der Waals surface area contributed by atoms with Crippen molar-refractivity contribution >= 4 is 5.69 Å². The molecule has 0 amide bonds. The molecule has 0 aliphatic rings. The first kappa shape index (κ1) is 18.8. The summed E-state index contributed by atoms with van der Waals surface area (Å²) in [7, 11) is 1.54. The molecule has 1 aromatic carbocycles. The Morgan fingerprint density at radius 3 is 2.29 bits per heavy atom. The summed E-state index contributed by atoms with van der Waals surface area (Å²) in [5.41, 5.74) is 6.90. The van der Waals surface area contributed by atoms with Crippen LogP contribution in [-0.2, 0) is 0 Å². The molecular formula is C17H26N2O2. The molecule has 0 saturated heterocycles. The van der Waals surface area contributed by atoms with Crippen LogP contribution >= 0.6 is 0 Å². The highest BCUT2D eigenvalue weighted by Gasteiger charge is 2.03. The van der Waals surface area contributed by atoms with Crippen LogP contribution in [0.4, 0.5) is 5.69 Å². The minimum absolute atomic E-state index is 0.0886. The lowest BCUT2D eigenvalue weighted by atomic mass is 10.2. The van der Waals surface area contributed by atoms with Gasteiger partial charge in [0, 0.05) is 18.3 Å². The number of hydrogen-bond acceptors (Lipinski definition) is 3. The number of pyridine rings is 1. The molecular weight excluding hydrogens is 264 g/mol. The second-order valence-corrected chi connectivity index (χ2v) is 4.04. The Labute approximate surface area is 127 Å². The van der Waals surface area contributed by atoms with Crippen LogP contribution in [0.5, 0.6) is 5.75 Å². The molecule has 0 radical (unpaired) electrons. The molecule has 4 nitrogen and oxygen atoms in total. The van der Waals surface area contributed by atoms with E-state index in [9.17, 15) is 4.79 Å². The monoisotopic (exact) mass is 290 g/mol. The van der Waals surface area contributed by atoms with Crippen molar-refractivity contribution < 1.29 is 4.74 Å². The molecule has 0 fully saturated rings. The van der Waals surface area contributed by atoms with Gasteiger partial charge in [-0.15, -0.1) is 0 Å². The van der Waals surface area contributed by atoms with E-state index in [2.05, 4.69) is 13.8 Å². The average molecular weight is 290 g/mol. The van der Waals surface area contributed by atoms with Gasteiger partial charge in [-0.25, -0.2) is 0 Å². The van der Waals surface area contributed by atoms with Crippen LogP contribution in [0, 0.1) is 0 Å². The third-order valence-electron chi connectivity index (χ3n) is 2.32. The molecule has 4 heteroatoms. The van der Waals surface area contributed by atoms with Gasteiger partial charge in [0.15, 0.2) is 0 Å². The zero-order chi connectivity index (χ0) is 16.3. The van der Waals surface area contributed by atoms with Gasteiger partial charge in [0.2, 0.25) is 0 Å². The number of aromatic nitrogens is 1. The van der Waals surface area contributed by atoms with E-state index in [0.29, 0.717) is 11.4 Å². The van der Waals surface area contributed by atoms with Gasteiger partial charge >= 0.3 is 0 Å². The second-order valence-electron chi connectivity index (χ2n) is 4.04. The first-order valence-corrected chi connectivity index (χ1v) is 7.25. The molecule has 2 N–H and O–H groups in total. The normalized spacial score (nSPS) is 8.81. The van der Waals surface area contributed by atoms with E-state index in [4.69, 9.17) is 10.5 Å². The summed E-state index contributed by atoms with van der Waals surface area (Å²) in [4.78, 5) is 11.6. The van der Waals surface area contributed by atoms with Crippen LogP contribution in [0.2, 0.25) is 0 Å². The number of nitrogens with two attached hydrogens (primary N) is 1. The van der Waals surface area contributed by atoms with E-state index < -0.39 is 0 Å². The Morgan fingerprint density at radius 1 is 1.14 bits per heavy atom. The van der Waals surface area contributed by atoms with Crippen LogP contribution in [-0.4, -0.2) is 11.7 Å². The second kappa shape index (κ2) is 10.5. The fourth-order valence-corrected chi connectivity index (χ4v) is 1.49. The van der Waals surface area contributed by atoms with Crippen LogP contribution in [0.15, 0.2) is 47.4 Å². The van der Waals surface area contributed by atoms with Gasteiger partial charge in [-0.05, 0) is 18.2 Å². The van der Waals surface area contributed by atoms with Gasteiger partial charge in [0.1, 0.15) is 5.75 Å². The Bertz CT molecular complexity index is 577. The molecule has 1 aromatic heterocycles. The maximum atomic E-state index is 11.6. The van der Waals surface area contributed by atoms with Crippen molar-refractivity contribution in [3.8, 4) is 11.4 Å². The van der Waals surface area contributed by atoms with Gasteiger partial charge in [-0.3, -0.25) is 9.36 Å². The maximum Gasteiger partial charge on any atom is 0.255 e. The van der Waals surface area contributed by atoms with Gasteiger partial charge < -0.3 is 10.5 Å². The lowest BCUT2D eigenvalue weighted by Gasteiger charge is -2.09. The first-order chi connectivity index (χ1) is 10.1. The van der Waals surface area contributed by atoms with Crippen molar-refractivity contribution in [1.82, 2.24) is 4.57 Å². The Hall–Kier alpha value is -2.23. The predicted octanol–water partition coefficient (Wildman–Crippen LogP) is 3.87. The summed E-state index contributed by atoms with van der Waals surface area (Å²) in [6.45, 7) is 8.25. The topological polar surface area (TPSA) is 57.2 Å². The van der Waals surface area contributed by atoms with Gasteiger partial charge in [-0.2, -0.15) is 0 Å². The highest BCUT2D eigenvalue weighted by molar-refractivity contribution is 5.57. The quantitative estimate of drug-likeness (QED) is 0.854. The molecule has 0 atom stereocenters. The number of methoxy groups -OCH3 is 1. The summed E-state index contributed by atoms with van der Waals surface area (Å²) in [5, 5.41) is 0. The number of nitrogens with zero attached hydrogens (tertiary/aromatic N) is 1. The number of rotatable bonds is 2. The lowest BCUT2D eigenvalue weighted by Crippen LogP contribution is -2.15. The standard InChI is InChI=1S/C12H12N2O2.C3H8.C2H6/c1-16-11-8-9(5-6-10(11)13)14-7-3-2-4-12(14)15;1-3-2;1-2/h2-8H,13H2,1H3;3H2,1-2H3;1-2H3. The minimum atomic E-state index is -0.0886. The van der Waals surface area contributed by atoms with Crippen molar-refractivity contribution in [2.75, 3.05) is 12.8 Å². The fourth-order valence-electron chi connectivity index (χ4n) is 1.49. The van der Waals surface area contributed by atoms with E-state index in [1.165, 1.54) is 17.1 Å². The largest absolute Gasteiger partial charge is 0.495 e. The van der Waals surface area contributed by atoms with Crippen molar-refractivity contribution in [1.29, 1.82) is 0 Å². The van der Waals surface area contributed by atoms with Crippen molar-refractivity contribution in [3.63, 3.8) is 0 Å². The molecule has 2 aromatic rings. The summed E-state index contributed by atoms with van der Waals surface area (Å²) in [6.07, 6.45) is 2.95. The molecule has 0 aliphatic carbocycles. The Morgan fingerprint density at radius 2 is 1.76 bits per heavy atom. The van der Waals surface area contributed by atoms with Crippen LogP contribution < -0.4 is 16.0 Å². The number of benzene rings is 1. The summed E-state index contributed by atoms with van der Waals surface area (Å²) in [6, 6.07) is 10.2. The Balaban J connectivity index is 0.000000713. The van der Waals surface area contributed by atoms with Gasteiger partial charge in [0.25, 0.3) is 5.56 Å². The van der Waals surface area contributed by atoms with Crippen molar-refractivity contribution in [3.05, 3.63) is 52.9 Å². The average Bonchev–Trinajstić information content (AvgIpc) is 2.51. The summed E-state index contributed by atoms with van der Waals surface area (Å²) >= 11 is 0. The zero-order valence-electron chi connectivity index (χ0n) is 13.6. The molecule has 1 heterocycles. The summed E-state index contributed by atoms with van der Waals surface area (Å²) < 4.78 is 6.64. The molecule has 0 aliphatic heterocycles. The third kappa shape index (κ3) is 5.73. The summed E-state index contributed by atoms with van der Waals surface area (Å²) in [5.74, 6) is 0.563. The number of hydrogen-bond donors (Lipinski definition) is 1. The predicted molar refractivity (Wildman–Crippen MR) is 90.3 cm³/mol. The molecule has 0 spiro atoms.